The summed E-state index contributed by atoms with van der Waals surface area (Å²) in [6.45, 7) is 10.5. The van der Waals surface area contributed by atoms with E-state index in [1.165, 1.54) is 6.07 Å². The average molecular weight is 594 g/mol. The van der Waals surface area contributed by atoms with Gasteiger partial charge in [-0.05, 0) is 75.0 Å². The highest BCUT2D eigenvalue weighted by molar-refractivity contribution is 5.84. The summed E-state index contributed by atoms with van der Waals surface area (Å²) < 4.78 is 32.1. The minimum Gasteiger partial charge on any atom is -0.496 e. The number of aryl methyl sites for hydroxylation is 1. The van der Waals surface area contributed by atoms with E-state index in [1.54, 1.807) is 25.4 Å². The van der Waals surface area contributed by atoms with Crippen LogP contribution in [0.4, 0.5) is 26.6 Å². The van der Waals surface area contributed by atoms with Crippen molar-refractivity contribution >= 4 is 23.5 Å². The van der Waals surface area contributed by atoms with Crippen LogP contribution in [0.2, 0.25) is 0 Å². The fourth-order valence-electron chi connectivity index (χ4n) is 5.43. The van der Waals surface area contributed by atoms with Crippen molar-refractivity contribution < 1.29 is 23.4 Å². The van der Waals surface area contributed by atoms with Crippen molar-refractivity contribution in [1.82, 2.24) is 14.9 Å². The van der Waals surface area contributed by atoms with E-state index >= 15 is 0 Å². The maximum absolute atomic E-state index is 14.9. The number of hydrogen-bond acceptors (Lipinski definition) is 8. The maximum atomic E-state index is 14.9. The summed E-state index contributed by atoms with van der Waals surface area (Å²) in [5, 5.41) is 5.86. The third-order valence-corrected chi connectivity index (χ3v) is 7.68. The Labute approximate surface area is 254 Å². The number of methoxy groups -OCH3 is 1. The van der Waals surface area contributed by atoms with Gasteiger partial charge in [0, 0.05) is 36.0 Å². The van der Waals surface area contributed by atoms with Crippen LogP contribution in [0.25, 0.3) is 0 Å². The van der Waals surface area contributed by atoms with Crippen molar-refractivity contribution in [2.24, 2.45) is 11.8 Å². The first kappa shape index (κ1) is 32.0. The normalized spacial score (nSPS) is 16.0. The number of carbonyl (C=O) groups excluding carboxylic acids is 1. The van der Waals surface area contributed by atoms with E-state index in [4.69, 9.17) is 14.2 Å². The van der Waals surface area contributed by atoms with Gasteiger partial charge >= 0.3 is 6.09 Å². The first-order valence-corrected chi connectivity index (χ1v) is 15.0. The molecule has 3 aromatic rings. The maximum Gasteiger partial charge on any atom is 0.413 e. The summed E-state index contributed by atoms with van der Waals surface area (Å²) in [5.41, 5.74) is 3.03. The zero-order chi connectivity index (χ0) is 30.9. The minimum atomic E-state index is -0.625. The summed E-state index contributed by atoms with van der Waals surface area (Å²) in [6, 6.07) is 10.4. The van der Waals surface area contributed by atoms with Crippen molar-refractivity contribution in [3.63, 3.8) is 0 Å². The number of anilines is 3. The van der Waals surface area contributed by atoms with E-state index in [-0.39, 0.29) is 17.6 Å². The number of piperidine rings is 1. The van der Waals surface area contributed by atoms with Gasteiger partial charge in [0.25, 0.3) is 0 Å². The van der Waals surface area contributed by atoms with Gasteiger partial charge in [-0.25, -0.2) is 14.2 Å². The highest BCUT2D eigenvalue weighted by atomic mass is 19.1. The van der Waals surface area contributed by atoms with Gasteiger partial charge in [0.15, 0.2) is 11.6 Å². The van der Waals surface area contributed by atoms with Crippen LogP contribution in [-0.2, 0) is 11.2 Å². The first-order chi connectivity index (χ1) is 20.7. The average Bonchev–Trinajstić information content (AvgIpc) is 2.97. The van der Waals surface area contributed by atoms with Crippen molar-refractivity contribution in [2.45, 2.75) is 59.5 Å². The van der Waals surface area contributed by atoms with Gasteiger partial charge in [-0.15, -0.1) is 0 Å². The Balaban J connectivity index is 1.45. The Hall–Kier alpha value is -3.92. The van der Waals surface area contributed by atoms with E-state index in [0.29, 0.717) is 30.5 Å². The van der Waals surface area contributed by atoms with Crippen LogP contribution in [-0.4, -0.2) is 54.8 Å². The van der Waals surface area contributed by atoms with Gasteiger partial charge in [-0.2, -0.15) is 4.98 Å². The molecule has 0 bridgehead atoms. The largest absolute Gasteiger partial charge is 0.496 e. The lowest BCUT2D eigenvalue weighted by atomic mass is 9.94. The minimum absolute atomic E-state index is 0.0140. The zero-order valence-corrected chi connectivity index (χ0v) is 26.1. The van der Waals surface area contributed by atoms with Gasteiger partial charge < -0.3 is 24.4 Å². The second kappa shape index (κ2) is 15.0. The molecule has 0 radical (unpaired) electrons. The molecule has 10 heteroatoms. The van der Waals surface area contributed by atoms with E-state index in [0.717, 1.165) is 54.8 Å². The molecule has 1 amide bonds. The molecule has 2 aromatic carbocycles. The molecule has 0 spiro atoms. The van der Waals surface area contributed by atoms with E-state index in [1.807, 2.05) is 45.9 Å². The van der Waals surface area contributed by atoms with Gasteiger partial charge in [-0.3, -0.25) is 5.32 Å². The lowest BCUT2D eigenvalue weighted by Gasteiger charge is -2.29. The lowest BCUT2D eigenvalue weighted by molar-refractivity contribution is 0.0814. The molecule has 232 valence electrons. The van der Waals surface area contributed by atoms with Crippen LogP contribution in [0, 0.1) is 24.6 Å². The van der Waals surface area contributed by atoms with Crippen molar-refractivity contribution in [3.05, 3.63) is 65.1 Å². The number of hydrogen-bond donors (Lipinski definition) is 2. The van der Waals surface area contributed by atoms with Gasteiger partial charge in [0.1, 0.15) is 17.7 Å². The Morgan fingerprint density at radius 2 is 2.02 bits per heavy atom. The molecule has 1 aliphatic heterocycles. The quantitative estimate of drug-likeness (QED) is 0.226. The molecule has 0 saturated carbocycles. The molecule has 2 N–H and O–H groups in total. The topological polar surface area (TPSA) is 97.8 Å². The third kappa shape index (κ3) is 8.56. The smallest absolute Gasteiger partial charge is 0.413 e. The van der Waals surface area contributed by atoms with E-state index in [9.17, 15) is 9.18 Å². The molecule has 4 rings (SSSR count). The van der Waals surface area contributed by atoms with Crippen molar-refractivity contribution in [3.8, 4) is 11.5 Å². The molecule has 1 aromatic heterocycles. The number of likely N-dealkylation sites (tertiary alicyclic amines) is 1. The molecular formula is C33H44FN5O4. The Morgan fingerprint density at radius 3 is 2.72 bits per heavy atom. The summed E-state index contributed by atoms with van der Waals surface area (Å²) in [4.78, 5) is 24.4. The number of ether oxygens (including phenoxy) is 3. The SMILES string of the molecule is CCCc1cnc(Nc2ccc(OCC3CCCN(C)C3)c(F)c2)nc1NC(=O)OC(c1cccc(OC)c1C)C(C)C. The van der Waals surface area contributed by atoms with Crippen LogP contribution in [0.15, 0.2) is 42.6 Å². The predicted octanol–water partition coefficient (Wildman–Crippen LogP) is 7.30. The molecule has 2 heterocycles. The zero-order valence-electron chi connectivity index (χ0n) is 26.1. The molecule has 2 unspecified atom stereocenters. The summed E-state index contributed by atoms with van der Waals surface area (Å²) in [7, 11) is 3.72. The number of benzene rings is 2. The van der Waals surface area contributed by atoms with Gasteiger partial charge in [-0.1, -0.05) is 39.3 Å². The number of rotatable bonds is 12. The van der Waals surface area contributed by atoms with Crippen LogP contribution in [0.1, 0.15) is 62.8 Å². The monoisotopic (exact) mass is 593 g/mol. The van der Waals surface area contributed by atoms with Crippen LogP contribution >= 0.6 is 0 Å². The summed E-state index contributed by atoms with van der Waals surface area (Å²) in [5.74, 6) is 1.45. The van der Waals surface area contributed by atoms with Crippen LogP contribution < -0.4 is 20.1 Å². The molecule has 2 atom stereocenters. The highest BCUT2D eigenvalue weighted by Gasteiger charge is 2.25. The summed E-state index contributed by atoms with van der Waals surface area (Å²) in [6.07, 6.45) is 4.25. The lowest BCUT2D eigenvalue weighted by Crippen LogP contribution is -2.34. The first-order valence-electron chi connectivity index (χ1n) is 15.0. The Kier molecular flexibility index (Phi) is 11.2. The molecular weight excluding hydrogens is 549 g/mol. The molecule has 1 saturated heterocycles. The second-order valence-electron chi connectivity index (χ2n) is 11.5. The Bertz CT molecular complexity index is 1390. The van der Waals surface area contributed by atoms with Crippen LogP contribution in [0.3, 0.4) is 0 Å². The molecule has 0 aliphatic carbocycles. The number of nitrogens with one attached hydrogen (secondary N) is 2. The van der Waals surface area contributed by atoms with Gasteiger partial charge in [0.2, 0.25) is 5.95 Å². The number of halogens is 1. The molecule has 1 aliphatic rings. The molecule has 9 nitrogen and oxygen atoms in total. The highest BCUT2D eigenvalue weighted by Crippen LogP contribution is 2.33. The number of aromatic nitrogens is 2. The standard InChI is InChI=1S/C33H44FN5O4/c1-7-10-24-18-35-32(36-25-14-15-29(27(34)17-25)42-20-23-11-9-16-39(5)19-23)37-31(24)38-33(40)43-30(21(2)3)26-12-8-13-28(41-6)22(26)4/h8,12-15,17-18,21,23,30H,7,9-11,16,19-20H2,1-6H3,(H2,35,36,37,38,40). The van der Waals surface area contributed by atoms with Crippen LogP contribution in [0.5, 0.6) is 11.5 Å². The number of carbonyl (C=O) groups is 1. The summed E-state index contributed by atoms with van der Waals surface area (Å²) >= 11 is 0. The van der Waals surface area contributed by atoms with Gasteiger partial charge in [0.05, 0.1) is 13.7 Å². The predicted molar refractivity (Wildman–Crippen MR) is 167 cm³/mol. The second-order valence-corrected chi connectivity index (χ2v) is 11.5. The fraction of sp³-hybridized carbons (Fsp3) is 0.485. The van der Waals surface area contributed by atoms with E-state index in [2.05, 4.69) is 32.5 Å². The van der Waals surface area contributed by atoms with E-state index < -0.39 is 18.0 Å². The molecule has 43 heavy (non-hydrogen) atoms. The number of nitrogens with zero attached hydrogens (tertiary/aromatic N) is 3. The Morgan fingerprint density at radius 1 is 1.21 bits per heavy atom. The number of amides is 1. The van der Waals surface area contributed by atoms with Crippen molar-refractivity contribution in [1.29, 1.82) is 0 Å². The molecule has 1 fully saturated rings. The fourth-order valence-corrected chi connectivity index (χ4v) is 5.43. The third-order valence-electron chi connectivity index (χ3n) is 7.68. The van der Waals surface area contributed by atoms with Crippen molar-refractivity contribution in [2.75, 3.05) is 44.5 Å².